The van der Waals surface area contributed by atoms with Gasteiger partial charge in [-0.2, -0.15) is 13.2 Å². The summed E-state index contributed by atoms with van der Waals surface area (Å²) in [4.78, 5) is 18.7. The Balaban J connectivity index is 1.50. The second kappa shape index (κ2) is 9.20. The molecule has 3 aromatic rings. The lowest BCUT2D eigenvalue weighted by atomic mass is 9.96. The number of piperidine rings is 1. The molecule has 6 nitrogen and oxygen atoms in total. The van der Waals surface area contributed by atoms with Gasteiger partial charge in [-0.25, -0.2) is 19.9 Å². The SMILES string of the molecule is Cc1cccc(CN2CCC[C@@H](Oc3ncc(C(F)(F)F)cn3)[C@@H]2C)c1-c1ncccn1. The average molecular weight is 443 g/mol. The van der Waals surface area contributed by atoms with Gasteiger partial charge in [-0.3, -0.25) is 4.90 Å². The van der Waals surface area contributed by atoms with E-state index >= 15 is 0 Å². The van der Waals surface area contributed by atoms with Crippen LogP contribution in [0.15, 0.2) is 49.1 Å². The second-order valence-electron chi connectivity index (χ2n) is 7.94. The Morgan fingerprint density at radius 3 is 2.47 bits per heavy atom. The molecule has 1 aliphatic heterocycles. The van der Waals surface area contributed by atoms with Crippen LogP contribution in [0.25, 0.3) is 11.4 Å². The predicted molar refractivity (Wildman–Crippen MR) is 113 cm³/mol. The van der Waals surface area contributed by atoms with Crippen LogP contribution in [0.5, 0.6) is 6.01 Å². The van der Waals surface area contributed by atoms with Crippen molar-refractivity contribution in [3.8, 4) is 17.4 Å². The van der Waals surface area contributed by atoms with Crippen molar-refractivity contribution in [3.05, 3.63) is 65.7 Å². The summed E-state index contributed by atoms with van der Waals surface area (Å²) in [5.41, 5.74) is 2.35. The van der Waals surface area contributed by atoms with Crippen LogP contribution in [0.4, 0.5) is 13.2 Å². The number of likely N-dealkylation sites (tertiary alicyclic amines) is 1. The van der Waals surface area contributed by atoms with Crippen LogP contribution in [-0.2, 0) is 12.7 Å². The van der Waals surface area contributed by atoms with Crippen LogP contribution in [0, 0.1) is 6.92 Å². The molecule has 4 rings (SSSR count). The third-order valence-corrected chi connectivity index (χ3v) is 5.78. The first-order valence-corrected chi connectivity index (χ1v) is 10.5. The maximum Gasteiger partial charge on any atom is 0.419 e. The van der Waals surface area contributed by atoms with Gasteiger partial charge in [0, 0.05) is 42.9 Å². The van der Waals surface area contributed by atoms with E-state index in [1.807, 2.05) is 19.1 Å². The number of hydrogen-bond donors (Lipinski definition) is 0. The fourth-order valence-electron chi connectivity index (χ4n) is 4.04. The highest BCUT2D eigenvalue weighted by Gasteiger charge is 2.33. The Bertz CT molecular complexity index is 1040. The average Bonchev–Trinajstić information content (AvgIpc) is 2.77. The Kier molecular flexibility index (Phi) is 6.36. The molecule has 32 heavy (non-hydrogen) atoms. The van der Waals surface area contributed by atoms with Crippen LogP contribution in [0.3, 0.4) is 0 Å². The fourth-order valence-corrected chi connectivity index (χ4v) is 4.04. The lowest BCUT2D eigenvalue weighted by molar-refractivity contribution is -0.138. The molecule has 2 atom stereocenters. The van der Waals surface area contributed by atoms with Crippen molar-refractivity contribution in [2.45, 2.75) is 51.6 Å². The van der Waals surface area contributed by atoms with Crippen molar-refractivity contribution in [3.63, 3.8) is 0 Å². The van der Waals surface area contributed by atoms with Gasteiger partial charge < -0.3 is 4.74 Å². The molecule has 1 aromatic carbocycles. The van der Waals surface area contributed by atoms with Crippen molar-refractivity contribution < 1.29 is 17.9 Å². The van der Waals surface area contributed by atoms with E-state index in [1.54, 1.807) is 18.5 Å². The van der Waals surface area contributed by atoms with Gasteiger partial charge in [0.25, 0.3) is 0 Å². The number of halogens is 3. The topological polar surface area (TPSA) is 64.0 Å². The number of nitrogens with zero attached hydrogens (tertiary/aromatic N) is 5. The largest absolute Gasteiger partial charge is 0.458 e. The van der Waals surface area contributed by atoms with E-state index < -0.39 is 11.7 Å². The lowest BCUT2D eigenvalue weighted by Gasteiger charge is -2.39. The normalized spacial score (nSPS) is 19.7. The number of hydrogen-bond acceptors (Lipinski definition) is 6. The monoisotopic (exact) mass is 443 g/mol. The van der Waals surface area contributed by atoms with Gasteiger partial charge in [0.15, 0.2) is 5.82 Å². The van der Waals surface area contributed by atoms with E-state index in [0.29, 0.717) is 12.4 Å². The van der Waals surface area contributed by atoms with Crippen LogP contribution >= 0.6 is 0 Å². The second-order valence-corrected chi connectivity index (χ2v) is 7.94. The molecule has 1 fully saturated rings. The Labute approximate surface area is 184 Å². The highest BCUT2D eigenvalue weighted by atomic mass is 19.4. The van der Waals surface area contributed by atoms with E-state index in [0.717, 1.165) is 48.5 Å². The van der Waals surface area contributed by atoms with Crippen molar-refractivity contribution in [1.29, 1.82) is 0 Å². The summed E-state index contributed by atoms with van der Waals surface area (Å²) in [6, 6.07) is 7.93. The molecule has 3 heterocycles. The Morgan fingerprint density at radius 1 is 1.06 bits per heavy atom. The van der Waals surface area contributed by atoms with Crippen LogP contribution < -0.4 is 4.74 Å². The van der Waals surface area contributed by atoms with E-state index in [2.05, 4.69) is 37.8 Å². The van der Waals surface area contributed by atoms with Gasteiger partial charge in [0.05, 0.1) is 5.56 Å². The molecule has 0 amide bonds. The van der Waals surface area contributed by atoms with Crippen LogP contribution in [0.1, 0.15) is 36.5 Å². The summed E-state index contributed by atoms with van der Waals surface area (Å²) in [6.07, 6.45) is 1.97. The van der Waals surface area contributed by atoms with Crippen molar-refractivity contribution in [1.82, 2.24) is 24.8 Å². The number of ether oxygens (including phenoxy) is 1. The van der Waals surface area contributed by atoms with Crippen LogP contribution in [-0.4, -0.2) is 43.5 Å². The molecule has 1 aliphatic rings. The summed E-state index contributed by atoms with van der Waals surface area (Å²) in [5.74, 6) is 0.691. The molecular weight excluding hydrogens is 419 g/mol. The quantitative estimate of drug-likeness (QED) is 0.570. The Morgan fingerprint density at radius 2 is 1.78 bits per heavy atom. The van der Waals surface area contributed by atoms with Crippen LogP contribution in [0.2, 0.25) is 0 Å². The summed E-state index contributed by atoms with van der Waals surface area (Å²) < 4.78 is 44.1. The van der Waals surface area contributed by atoms with Gasteiger partial charge in [-0.1, -0.05) is 18.2 Å². The highest BCUT2D eigenvalue weighted by molar-refractivity contribution is 5.64. The zero-order valence-electron chi connectivity index (χ0n) is 17.9. The number of rotatable bonds is 5. The molecule has 0 aliphatic carbocycles. The third kappa shape index (κ3) is 4.88. The number of benzene rings is 1. The molecule has 0 bridgehead atoms. The van der Waals surface area contributed by atoms with Crippen molar-refractivity contribution in [2.75, 3.05) is 6.54 Å². The maximum atomic E-state index is 12.7. The molecule has 0 unspecified atom stereocenters. The number of alkyl halides is 3. The Hall–Kier alpha value is -3.07. The van der Waals surface area contributed by atoms with Gasteiger partial charge in [0.1, 0.15) is 6.10 Å². The molecule has 168 valence electrons. The minimum Gasteiger partial charge on any atom is -0.458 e. The van der Waals surface area contributed by atoms with Crippen molar-refractivity contribution >= 4 is 0 Å². The smallest absolute Gasteiger partial charge is 0.419 e. The lowest BCUT2D eigenvalue weighted by Crippen LogP contribution is -2.48. The van der Waals surface area contributed by atoms with Gasteiger partial charge in [-0.15, -0.1) is 0 Å². The molecule has 1 saturated heterocycles. The van der Waals surface area contributed by atoms with E-state index in [9.17, 15) is 13.2 Å². The third-order valence-electron chi connectivity index (χ3n) is 5.78. The van der Waals surface area contributed by atoms with Gasteiger partial charge in [-0.05, 0) is 50.4 Å². The van der Waals surface area contributed by atoms with E-state index in [1.165, 1.54) is 0 Å². The number of aryl methyl sites for hydroxylation is 1. The predicted octanol–water partition coefficient (Wildman–Crippen LogP) is 4.69. The van der Waals surface area contributed by atoms with Crippen molar-refractivity contribution in [2.24, 2.45) is 0 Å². The molecule has 0 N–H and O–H groups in total. The first-order valence-electron chi connectivity index (χ1n) is 10.5. The van der Waals surface area contributed by atoms with Gasteiger partial charge in [0.2, 0.25) is 0 Å². The first-order chi connectivity index (χ1) is 15.3. The highest BCUT2D eigenvalue weighted by Crippen LogP contribution is 2.30. The minimum absolute atomic E-state index is 0.0275. The zero-order chi connectivity index (χ0) is 22.7. The molecule has 0 radical (unpaired) electrons. The fraction of sp³-hybridized carbons (Fsp3) is 0.391. The molecule has 2 aromatic heterocycles. The first kappa shape index (κ1) is 22.1. The maximum absolute atomic E-state index is 12.7. The van der Waals surface area contributed by atoms with E-state index in [4.69, 9.17) is 4.74 Å². The summed E-state index contributed by atoms with van der Waals surface area (Å²) in [5, 5.41) is 0. The standard InChI is InChI=1S/C23H24F3N5O/c1-15-6-3-7-17(20(15)21-27-9-5-10-28-21)14-31-11-4-8-19(16(31)2)32-22-29-12-18(13-30-22)23(24,25)26/h3,5-7,9-10,12-13,16,19H,4,8,11,14H2,1-2H3/t16-,19+/m0/s1. The number of aromatic nitrogens is 4. The molecule has 9 heteroatoms. The molecule has 0 spiro atoms. The molecule has 0 saturated carbocycles. The summed E-state index contributed by atoms with van der Waals surface area (Å²) in [6.45, 7) is 5.67. The molecular formula is C23H24F3N5O. The minimum atomic E-state index is -4.47. The summed E-state index contributed by atoms with van der Waals surface area (Å²) >= 11 is 0. The summed E-state index contributed by atoms with van der Waals surface area (Å²) in [7, 11) is 0. The van der Waals surface area contributed by atoms with Gasteiger partial charge >= 0.3 is 12.2 Å². The van der Waals surface area contributed by atoms with E-state index in [-0.39, 0.29) is 18.2 Å². The zero-order valence-corrected chi connectivity index (χ0v) is 17.9.